The summed E-state index contributed by atoms with van der Waals surface area (Å²) in [6.45, 7) is 3.89. The second kappa shape index (κ2) is 7.34. The number of aromatic nitrogens is 1. The number of methoxy groups -OCH3 is 1. The lowest BCUT2D eigenvalue weighted by Gasteiger charge is -2.30. The zero-order valence-electron chi connectivity index (χ0n) is 14.2. The van der Waals surface area contributed by atoms with E-state index in [4.69, 9.17) is 4.74 Å². The molecule has 1 aromatic carbocycles. The molecule has 5 heteroatoms. The van der Waals surface area contributed by atoms with Crippen LogP contribution in [0.1, 0.15) is 30.1 Å². The smallest absolute Gasteiger partial charge is 0.255 e. The van der Waals surface area contributed by atoms with E-state index < -0.39 is 0 Å². The minimum absolute atomic E-state index is 0.0590. The number of benzene rings is 1. The summed E-state index contributed by atoms with van der Waals surface area (Å²) in [6.07, 6.45) is 5.49. The molecular weight excluding hydrogens is 302 g/mol. The lowest BCUT2D eigenvalue weighted by molar-refractivity contribution is 0.0697. The van der Waals surface area contributed by atoms with Crippen molar-refractivity contribution in [3.63, 3.8) is 0 Å². The molecule has 5 nitrogen and oxygen atoms in total. The minimum Gasteiger partial charge on any atom is -0.497 e. The van der Waals surface area contributed by atoms with Crippen LogP contribution >= 0.6 is 0 Å². The largest absolute Gasteiger partial charge is 0.497 e. The van der Waals surface area contributed by atoms with Crippen LogP contribution in [0.4, 0.5) is 11.4 Å². The van der Waals surface area contributed by atoms with Crippen molar-refractivity contribution in [1.82, 2.24) is 9.88 Å². The number of hydrogen-bond donors (Lipinski definition) is 1. The molecule has 2 aromatic rings. The number of rotatable bonds is 4. The molecule has 24 heavy (non-hydrogen) atoms. The van der Waals surface area contributed by atoms with Gasteiger partial charge in [0, 0.05) is 31.0 Å². The van der Waals surface area contributed by atoms with Crippen LogP contribution in [0.25, 0.3) is 0 Å². The van der Waals surface area contributed by atoms with Crippen LogP contribution < -0.4 is 10.1 Å². The first-order valence-electron chi connectivity index (χ1n) is 8.31. The van der Waals surface area contributed by atoms with Gasteiger partial charge in [-0.1, -0.05) is 13.0 Å². The molecule has 1 aromatic heterocycles. The van der Waals surface area contributed by atoms with E-state index in [9.17, 15) is 4.79 Å². The summed E-state index contributed by atoms with van der Waals surface area (Å²) in [4.78, 5) is 18.8. The molecule has 1 fully saturated rings. The third-order valence-corrected chi connectivity index (χ3v) is 4.41. The predicted molar refractivity (Wildman–Crippen MR) is 94.8 cm³/mol. The Hall–Kier alpha value is -2.56. The van der Waals surface area contributed by atoms with Gasteiger partial charge in [-0.3, -0.25) is 9.78 Å². The number of hydrogen-bond acceptors (Lipinski definition) is 4. The molecule has 0 aliphatic carbocycles. The monoisotopic (exact) mass is 325 g/mol. The molecular formula is C19H23N3O2. The summed E-state index contributed by atoms with van der Waals surface area (Å²) >= 11 is 0. The van der Waals surface area contributed by atoms with Crippen molar-refractivity contribution in [1.29, 1.82) is 0 Å². The molecule has 0 bridgehead atoms. The molecule has 0 atom stereocenters. The van der Waals surface area contributed by atoms with E-state index in [1.165, 1.54) is 0 Å². The van der Waals surface area contributed by atoms with Gasteiger partial charge in [0.2, 0.25) is 0 Å². The summed E-state index contributed by atoms with van der Waals surface area (Å²) in [5, 5.41) is 3.27. The number of carbonyl (C=O) groups is 1. The Morgan fingerprint density at radius 1 is 1.21 bits per heavy atom. The van der Waals surface area contributed by atoms with Crippen LogP contribution in [-0.2, 0) is 0 Å². The fourth-order valence-electron chi connectivity index (χ4n) is 2.89. The fourth-order valence-corrected chi connectivity index (χ4v) is 2.89. The average molecular weight is 325 g/mol. The van der Waals surface area contributed by atoms with Gasteiger partial charge in [-0.15, -0.1) is 0 Å². The van der Waals surface area contributed by atoms with E-state index in [1.807, 2.05) is 35.2 Å². The molecule has 126 valence electrons. The topological polar surface area (TPSA) is 54.5 Å². The lowest BCUT2D eigenvalue weighted by atomic mass is 9.99. The zero-order chi connectivity index (χ0) is 16.9. The zero-order valence-corrected chi connectivity index (χ0v) is 14.2. The molecule has 0 unspecified atom stereocenters. The third kappa shape index (κ3) is 3.85. The molecule has 1 N–H and O–H groups in total. The van der Waals surface area contributed by atoms with E-state index in [0.717, 1.165) is 43.1 Å². The first-order valence-corrected chi connectivity index (χ1v) is 8.31. The van der Waals surface area contributed by atoms with Gasteiger partial charge < -0.3 is 15.0 Å². The molecule has 1 aliphatic rings. The van der Waals surface area contributed by atoms with Crippen molar-refractivity contribution in [2.75, 3.05) is 25.5 Å². The molecule has 0 saturated carbocycles. The Morgan fingerprint density at radius 2 is 2.00 bits per heavy atom. The van der Waals surface area contributed by atoms with Crippen molar-refractivity contribution < 1.29 is 9.53 Å². The van der Waals surface area contributed by atoms with E-state index in [-0.39, 0.29) is 5.91 Å². The van der Waals surface area contributed by atoms with Crippen LogP contribution in [0.5, 0.6) is 5.75 Å². The summed E-state index contributed by atoms with van der Waals surface area (Å²) < 4.78 is 5.23. The van der Waals surface area contributed by atoms with Crippen LogP contribution in [0.3, 0.4) is 0 Å². The molecule has 3 rings (SSSR count). The second-order valence-electron chi connectivity index (χ2n) is 6.29. The summed E-state index contributed by atoms with van der Waals surface area (Å²) in [7, 11) is 1.64. The van der Waals surface area contributed by atoms with Crippen molar-refractivity contribution in [3.8, 4) is 5.75 Å². The van der Waals surface area contributed by atoms with Crippen LogP contribution in [0.15, 0.2) is 42.7 Å². The van der Waals surface area contributed by atoms with Gasteiger partial charge >= 0.3 is 0 Å². The summed E-state index contributed by atoms with van der Waals surface area (Å²) in [5.41, 5.74) is 2.31. The van der Waals surface area contributed by atoms with Gasteiger partial charge in [0.1, 0.15) is 5.75 Å². The number of amides is 1. The first kappa shape index (κ1) is 16.3. The number of likely N-dealkylation sites (tertiary alicyclic amines) is 1. The Labute approximate surface area is 142 Å². The Morgan fingerprint density at radius 3 is 2.75 bits per heavy atom. The number of anilines is 2. The highest BCUT2D eigenvalue weighted by molar-refractivity contribution is 5.95. The number of carbonyl (C=O) groups excluding carboxylic acids is 1. The minimum atomic E-state index is 0.0590. The maximum absolute atomic E-state index is 12.6. The van der Waals surface area contributed by atoms with Crippen molar-refractivity contribution in [2.24, 2.45) is 5.92 Å². The van der Waals surface area contributed by atoms with E-state index in [1.54, 1.807) is 19.5 Å². The SMILES string of the molecule is COc1cccc(Nc2cncc(C(=O)N3CCC(C)CC3)c2)c1. The van der Waals surface area contributed by atoms with Gasteiger partial charge in [-0.2, -0.15) is 0 Å². The molecule has 0 radical (unpaired) electrons. The first-order chi connectivity index (χ1) is 11.7. The number of piperidine rings is 1. The highest BCUT2D eigenvalue weighted by Gasteiger charge is 2.21. The van der Waals surface area contributed by atoms with E-state index >= 15 is 0 Å². The van der Waals surface area contributed by atoms with Crippen LogP contribution in [0.2, 0.25) is 0 Å². The molecule has 1 aliphatic heterocycles. The van der Waals surface area contributed by atoms with Crippen molar-refractivity contribution >= 4 is 17.3 Å². The average Bonchev–Trinajstić information content (AvgIpc) is 2.62. The second-order valence-corrected chi connectivity index (χ2v) is 6.29. The summed E-state index contributed by atoms with van der Waals surface area (Å²) in [5.74, 6) is 1.54. The van der Waals surface area contributed by atoms with E-state index in [0.29, 0.717) is 11.5 Å². The summed E-state index contributed by atoms with van der Waals surface area (Å²) in [6, 6.07) is 9.51. The normalized spacial score (nSPS) is 15.2. The maximum Gasteiger partial charge on any atom is 0.255 e. The van der Waals surface area contributed by atoms with E-state index in [2.05, 4.69) is 17.2 Å². The standard InChI is InChI=1S/C19H23N3O2/c1-14-6-8-22(9-7-14)19(23)15-10-17(13-20-12-15)21-16-4-3-5-18(11-16)24-2/h3-5,10-14,21H,6-9H2,1-2H3. The number of ether oxygens (including phenoxy) is 1. The van der Waals surface area contributed by atoms with Gasteiger partial charge in [0.15, 0.2) is 0 Å². The predicted octanol–water partition coefficient (Wildman–Crippen LogP) is 3.71. The number of nitrogens with zero attached hydrogens (tertiary/aromatic N) is 2. The van der Waals surface area contributed by atoms with Gasteiger partial charge in [-0.25, -0.2) is 0 Å². The van der Waals surface area contributed by atoms with Crippen molar-refractivity contribution in [3.05, 3.63) is 48.3 Å². The number of nitrogens with one attached hydrogen (secondary N) is 1. The van der Waals surface area contributed by atoms with Crippen LogP contribution in [0, 0.1) is 5.92 Å². The third-order valence-electron chi connectivity index (χ3n) is 4.41. The molecule has 2 heterocycles. The van der Waals surface area contributed by atoms with Gasteiger partial charge in [-0.05, 0) is 37.0 Å². The fraction of sp³-hybridized carbons (Fsp3) is 0.368. The Bertz CT molecular complexity index is 709. The lowest BCUT2D eigenvalue weighted by Crippen LogP contribution is -2.37. The molecule has 0 spiro atoms. The van der Waals surface area contributed by atoms with Gasteiger partial charge in [0.25, 0.3) is 5.91 Å². The Kier molecular flexibility index (Phi) is 4.99. The maximum atomic E-state index is 12.6. The van der Waals surface area contributed by atoms with Gasteiger partial charge in [0.05, 0.1) is 24.6 Å². The molecule has 1 saturated heterocycles. The molecule has 1 amide bonds. The highest BCUT2D eigenvalue weighted by Crippen LogP contribution is 2.23. The highest BCUT2D eigenvalue weighted by atomic mass is 16.5. The van der Waals surface area contributed by atoms with Crippen molar-refractivity contribution in [2.45, 2.75) is 19.8 Å². The number of pyridine rings is 1. The quantitative estimate of drug-likeness (QED) is 0.931. The Balaban J connectivity index is 1.72. The van der Waals surface area contributed by atoms with Crippen LogP contribution in [-0.4, -0.2) is 36.0 Å².